The van der Waals surface area contributed by atoms with Gasteiger partial charge < -0.3 is 20.1 Å². The predicted molar refractivity (Wildman–Crippen MR) is 99.0 cm³/mol. The van der Waals surface area contributed by atoms with Crippen LogP contribution in [0.2, 0.25) is 0 Å². The topological polar surface area (TPSA) is 42.5 Å². The van der Waals surface area contributed by atoms with Gasteiger partial charge in [0.05, 0.1) is 14.2 Å². The first kappa shape index (κ1) is 15.7. The van der Waals surface area contributed by atoms with Gasteiger partial charge in [0, 0.05) is 28.8 Å². The maximum atomic E-state index is 5.24. The van der Waals surface area contributed by atoms with Crippen LogP contribution in [0.15, 0.2) is 72.8 Å². The number of nitrogens with one attached hydrogen (secondary N) is 2. The van der Waals surface area contributed by atoms with Crippen molar-refractivity contribution in [1.82, 2.24) is 0 Å². The molecule has 3 aromatic carbocycles. The average Bonchev–Trinajstić information content (AvgIpc) is 2.64. The van der Waals surface area contributed by atoms with Crippen LogP contribution in [0.1, 0.15) is 0 Å². The van der Waals surface area contributed by atoms with Crippen molar-refractivity contribution in [2.24, 2.45) is 0 Å². The zero-order valence-corrected chi connectivity index (χ0v) is 13.7. The number of rotatable bonds is 6. The molecule has 0 unspecified atom stereocenters. The first-order valence-electron chi connectivity index (χ1n) is 7.69. The molecule has 0 aliphatic heterocycles. The van der Waals surface area contributed by atoms with Crippen molar-refractivity contribution in [2.45, 2.75) is 0 Å². The van der Waals surface area contributed by atoms with Gasteiger partial charge in [-0.05, 0) is 60.7 Å². The second-order valence-electron chi connectivity index (χ2n) is 5.29. The monoisotopic (exact) mass is 320 g/mol. The molecule has 0 aromatic heterocycles. The Balaban J connectivity index is 1.66. The maximum Gasteiger partial charge on any atom is 0.120 e. The highest BCUT2D eigenvalue weighted by molar-refractivity contribution is 5.66. The summed E-state index contributed by atoms with van der Waals surface area (Å²) < 4.78 is 10.4. The molecule has 0 spiro atoms. The smallest absolute Gasteiger partial charge is 0.120 e. The predicted octanol–water partition coefficient (Wildman–Crippen LogP) is 5.19. The Morgan fingerprint density at radius 2 is 1.04 bits per heavy atom. The van der Waals surface area contributed by atoms with Crippen molar-refractivity contribution in [2.75, 3.05) is 24.9 Å². The van der Waals surface area contributed by atoms with E-state index in [-0.39, 0.29) is 0 Å². The highest BCUT2D eigenvalue weighted by atomic mass is 16.5. The van der Waals surface area contributed by atoms with Gasteiger partial charge in [-0.1, -0.05) is 6.07 Å². The van der Waals surface area contributed by atoms with E-state index in [0.717, 1.165) is 34.2 Å². The minimum absolute atomic E-state index is 0.831. The Morgan fingerprint density at radius 1 is 0.542 bits per heavy atom. The molecule has 0 radical (unpaired) electrons. The van der Waals surface area contributed by atoms with Gasteiger partial charge in [-0.3, -0.25) is 0 Å². The van der Waals surface area contributed by atoms with Crippen LogP contribution in [-0.4, -0.2) is 14.2 Å². The summed E-state index contributed by atoms with van der Waals surface area (Å²) in [5.74, 6) is 1.68. The normalized spacial score (nSPS) is 10.1. The van der Waals surface area contributed by atoms with E-state index in [2.05, 4.69) is 10.6 Å². The highest BCUT2D eigenvalue weighted by Gasteiger charge is 1.99. The molecule has 0 aliphatic rings. The zero-order valence-electron chi connectivity index (χ0n) is 13.7. The molecule has 0 bridgehead atoms. The third-order valence-electron chi connectivity index (χ3n) is 3.62. The Bertz CT molecular complexity index is 783. The van der Waals surface area contributed by atoms with Crippen LogP contribution in [0.4, 0.5) is 22.7 Å². The second-order valence-corrected chi connectivity index (χ2v) is 5.29. The number of hydrogen-bond donors (Lipinski definition) is 2. The lowest BCUT2D eigenvalue weighted by Gasteiger charge is -2.10. The first-order chi connectivity index (χ1) is 11.8. The minimum atomic E-state index is 0.831. The lowest BCUT2D eigenvalue weighted by atomic mass is 10.2. The fourth-order valence-electron chi connectivity index (χ4n) is 2.35. The summed E-state index contributed by atoms with van der Waals surface area (Å²) in [7, 11) is 3.33. The summed E-state index contributed by atoms with van der Waals surface area (Å²) >= 11 is 0. The molecule has 0 fully saturated rings. The average molecular weight is 320 g/mol. The zero-order chi connectivity index (χ0) is 16.8. The van der Waals surface area contributed by atoms with Gasteiger partial charge in [0.2, 0.25) is 0 Å². The van der Waals surface area contributed by atoms with Crippen LogP contribution in [-0.2, 0) is 0 Å². The van der Waals surface area contributed by atoms with Crippen LogP contribution >= 0.6 is 0 Å². The van der Waals surface area contributed by atoms with Crippen LogP contribution < -0.4 is 20.1 Å². The molecule has 3 rings (SSSR count). The number of methoxy groups -OCH3 is 2. The van der Waals surface area contributed by atoms with Gasteiger partial charge in [-0.15, -0.1) is 0 Å². The third-order valence-corrected chi connectivity index (χ3v) is 3.62. The fraction of sp³-hybridized carbons (Fsp3) is 0.100. The van der Waals surface area contributed by atoms with Gasteiger partial charge >= 0.3 is 0 Å². The van der Waals surface area contributed by atoms with Gasteiger partial charge in [0.15, 0.2) is 0 Å². The Hall–Kier alpha value is -3.14. The molecule has 0 heterocycles. The van der Waals surface area contributed by atoms with Crippen molar-refractivity contribution < 1.29 is 9.47 Å². The molecule has 0 atom stereocenters. The molecule has 4 heteroatoms. The lowest BCUT2D eigenvalue weighted by molar-refractivity contribution is 0.415. The van der Waals surface area contributed by atoms with E-state index in [0.29, 0.717) is 0 Å². The van der Waals surface area contributed by atoms with Crippen LogP contribution in [0.25, 0.3) is 0 Å². The maximum absolute atomic E-state index is 5.24. The van der Waals surface area contributed by atoms with Crippen molar-refractivity contribution in [1.29, 1.82) is 0 Å². The molecule has 0 saturated heterocycles. The molecule has 3 aromatic rings. The Morgan fingerprint density at radius 3 is 1.58 bits per heavy atom. The third kappa shape index (κ3) is 3.98. The standard InChI is InChI=1S/C20H20N2O2/c1-23-19-12-10-17(11-13-19)21-15-6-8-16(9-7-15)22-18-4-3-5-20(14-18)24-2/h3-14,21-22H,1-2H3. The van der Waals surface area contributed by atoms with Crippen molar-refractivity contribution in [3.63, 3.8) is 0 Å². The molecular formula is C20H20N2O2. The Kier molecular flexibility index (Phi) is 4.87. The summed E-state index contributed by atoms with van der Waals surface area (Å²) in [5.41, 5.74) is 4.05. The van der Waals surface area contributed by atoms with Gasteiger partial charge in [0.25, 0.3) is 0 Å². The van der Waals surface area contributed by atoms with Crippen LogP contribution in [0.3, 0.4) is 0 Å². The molecule has 2 N–H and O–H groups in total. The van der Waals surface area contributed by atoms with E-state index >= 15 is 0 Å². The van der Waals surface area contributed by atoms with Gasteiger partial charge in [0.1, 0.15) is 11.5 Å². The molecule has 4 nitrogen and oxygen atoms in total. The highest BCUT2D eigenvalue weighted by Crippen LogP contribution is 2.24. The SMILES string of the molecule is COc1ccc(Nc2ccc(Nc3cccc(OC)c3)cc2)cc1. The molecule has 0 aliphatic carbocycles. The quantitative estimate of drug-likeness (QED) is 0.656. The number of hydrogen-bond acceptors (Lipinski definition) is 4. The molecular weight excluding hydrogens is 300 g/mol. The van der Waals surface area contributed by atoms with E-state index in [1.807, 2.05) is 72.8 Å². The van der Waals surface area contributed by atoms with E-state index in [1.165, 1.54) is 0 Å². The van der Waals surface area contributed by atoms with E-state index in [4.69, 9.17) is 9.47 Å². The summed E-state index contributed by atoms with van der Waals surface area (Å²) in [6.45, 7) is 0. The summed E-state index contributed by atoms with van der Waals surface area (Å²) in [5, 5.41) is 6.72. The number of anilines is 4. The summed E-state index contributed by atoms with van der Waals surface area (Å²) in [6.07, 6.45) is 0. The van der Waals surface area contributed by atoms with Gasteiger partial charge in [-0.25, -0.2) is 0 Å². The molecule has 24 heavy (non-hydrogen) atoms. The minimum Gasteiger partial charge on any atom is -0.497 e. The largest absolute Gasteiger partial charge is 0.497 e. The second kappa shape index (κ2) is 7.42. The lowest BCUT2D eigenvalue weighted by Crippen LogP contribution is -1.93. The summed E-state index contributed by atoms with van der Waals surface area (Å²) in [4.78, 5) is 0. The molecule has 122 valence electrons. The fourth-order valence-corrected chi connectivity index (χ4v) is 2.35. The van der Waals surface area contributed by atoms with Gasteiger partial charge in [-0.2, -0.15) is 0 Å². The van der Waals surface area contributed by atoms with Crippen LogP contribution in [0.5, 0.6) is 11.5 Å². The van der Waals surface area contributed by atoms with E-state index in [1.54, 1.807) is 14.2 Å². The van der Waals surface area contributed by atoms with E-state index < -0.39 is 0 Å². The first-order valence-corrected chi connectivity index (χ1v) is 7.69. The van der Waals surface area contributed by atoms with Crippen molar-refractivity contribution >= 4 is 22.7 Å². The molecule has 0 amide bonds. The van der Waals surface area contributed by atoms with Crippen molar-refractivity contribution in [3.8, 4) is 11.5 Å². The number of ether oxygens (including phenoxy) is 2. The van der Waals surface area contributed by atoms with E-state index in [9.17, 15) is 0 Å². The van der Waals surface area contributed by atoms with Crippen molar-refractivity contribution in [3.05, 3.63) is 72.8 Å². The Labute approximate surface area is 142 Å². The molecule has 0 saturated carbocycles. The van der Waals surface area contributed by atoms with Crippen LogP contribution in [0, 0.1) is 0 Å². The number of benzene rings is 3. The summed E-state index contributed by atoms with van der Waals surface area (Å²) in [6, 6.07) is 23.8.